The van der Waals surface area contributed by atoms with Gasteiger partial charge in [0.15, 0.2) is 17.5 Å². The fourth-order valence-electron chi connectivity index (χ4n) is 2.45. The summed E-state index contributed by atoms with van der Waals surface area (Å²) in [6.07, 6.45) is 1.57. The number of hydrogen-bond donors (Lipinski definition) is 0. The Morgan fingerprint density at radius 3 is 2.39 bits per heavy atom. The molecular weight excluding hydrogens is 296 g/mol. The molecule has 0 bridgehead atoms. The van der Waals surface area contributed by atoms with Gasteiger partial charge >= 0.3 is 5.97 Å². The third kappa shape index (κ3) is 4.48. The summed E-state index contributed by atoms with van der Waals surface area (Å²) in [5.41, 5.74) is 2.23. The van der Waals surface area contributed by atoms with Crippen molar-refractivity contribution in [3.05, 3.63) is 35.4 Å². The lowest BCUT2D eigenvalue weighted by Crippen LogP contribution is -2.34. The molecule has 0 spiro atoms. The SMILES string of the molecule is CCc1ccc(CCC(=O)C2C(=O)COC(C)(C)OC2=O)cc1. The van der Waals surface area contributed by atoms with E-state index < -0.39 is 29.2 Å². The molecule has 5 nitrogen and oxygen atoms in total. The van der Waals surface area contributed by atoms with Crippen LogP contribution in [0.4, 0.5) is 0 Å². The van der Waals surface area contributed by atoms with Crippen molar-refractivity contribution in [2.75, 3.05) is 6.61 Å². The summed E-state index contributed by atoms with van der Waals surface area (Å²) in [4.78, 5) is 36.3. The van der Waals surface area contributed by atoms with Gasteiger partial charge in [-0.1, -0.05) is 31.2 Å². The smallest absolute Gasteiger partial charge is 0.326 e. The molecule has 0 saturated carbocycles. The van der Waals surface area contributed by atoms with Gasteiger partial charge in [0.25, 0.3) is 0 Å². The fourth-order valence-corrected chi connectivity index (χ4v) is 2.45. The highest BCUT2D eigenvalue weighted by Gasteiger charge is 2.41. The number of carbonyl (C=O) groups excluding carboxylic acids is 3. The van der Waals surface area contributed by atoms with E-state index in [0.29, 0.717) is 6.42 Å². The third-order valence-corrected chi connectivity index (χ3v) is 3.88. The van der Waals surface area contributed by atoms with Crippen LogP contribution >= 0.6 is 0 Å². The number of cyclic esters (lactones) is 1. The van der Waals surface area contributed by atoms with Gasteiger partial charge in [0.2, 0.25) is 5.79 Å². The van der Waals surface area contributed by atoms with Crippen LogP contribution in [-0.4, -0.2) is 29.9 Å². The molecule has 5 heteroatoms. The zero-order valence-electron chi connectivity index (χ0n) is 13.8. The van der Waals surface area contributed by atoms with Gasteiger partial charge in [-0.05, 0) is 24.0 Å². The molecule has 1 aromatic carbocycles. The molecule has 124 valence electrons. The van der Waals surface area contributed by atoms with Crippen molar-refractivity contribution in [2.24, 2.45) is 5.92 Å². The van der Waals surface area contributed by atoms with Gasteiger partial charge in [-0.25, -0.2) is 0 Å². The van der Waals surface area contributed by atoms with Crippen LogP contribution in [0.25, 0.3) is 0 Å². The zero-order valence-corrected chi connectivity index (χ0v) is 13.8. The Morgan fingerprint density at radius 2 is 1.78 bits per heavy atom. The van der Waals surface area contributed by atoms with E-state index in [2.05, 4.69) is 6.92 Å². The maximum absolute atomic E-state index is 12.3. The minimum Gasteiger partial charge on any atom is -0.433 e. The number of ether oxygens (including phenoxy) is 2. The summed E-state index contributed by atoms with van der Waals surface area (Å²) in [6, 6.07) is 7.96. The Bertz CT molecular complexity index is 600. The van der Waals surface area contributed by atoms with Crippen molar-refractivity contribution in [3.63, 3.8) is 0 Å². The van der Waals surface area contributed by atoms with E-state index in [1.165, 1.54) is 5.56 Å². The molecule has 1 saturated heterocycles. The predicted molar refractivity (Wildman–Crippen MR) is 83.8 cm³/mol. The van der Waals surface area contributed by atoms with Crippen LogP contribution in [0.3, 0.4) is 0 Å². The molecule has 1 aliphatic rings. The number of carbonyl (C=O) groups is 3. The van der Waals surface area contributed by atoms with Crippen molar-refractivity contribution in [2.45, 2.75) is 45.8 Å². The Hall–Kier alpha value is -2.01. The number of hydrogen-bond acceptors (Lipinski definition) is 5. The molecule has 1 unspecified atom stereocenters. The number of esters is 1. The first-order valence-electron chi connectivity index (χ1n) is 7.82. The van der Waals surface area contributed by atoms with Gasteiger partial charge in [-0.2, -0.15) is 0 Å². The van der Waals surface area contributed by atoms with Crippen LogP contribution in [0.5, 0.6) is 0 Å². The Balaban J connectivity index is 2.00. The molecule has 0 aliphatic carbocycles. The lowest BCUT2D eigenvalue weighted by molar-refractivity contribution is -0.207. The summed E-state index contributed by atoms with van der Waals surface area (Å²) in [5.74, 6) is -4.32. The molecule has 0 aromatic heterocycles. The average molecular weight is 318 g/mol. The molecule has 1 aliphatic heterocycles. The van der Waals surface area contributed by atoms with E-state index >= 15 is 0 Å². The van der Waals surface area contributed by atoms with E-state index in [-0.39, 0.29) is 13.0 Å². The van der Waals surface area contributed by atoms with E-state index in [1.807, 2.05) is 24.3 Å². The van der Waals surface area contributed by atoms with E-state index in [9.17, 15) is 14.4 Å². The topological polar surface area (TPSA) is 69.7 Å². The van der Waals surface area contributed by atoms with E-state index in [1.54, 1.807) is 13.8 Å². The summed E-state index contributed by atoms with van der Waals surface area (Å²) >= 11 is 0. The summed E-state index contributed by atoms with van der Waals surface area (Å²) in [7, 11) is 0. The minimum atomic E-state index is -1.37. The number of benzene rings is 1. The zero-order chi connectivity index (χ0) is 17.0. The van der Waals surface area contributed by atoms with E-state index in [4.69, 9.17) is 9.47 Å². The normalized spacial score (nSPS) is 20.7. The lowest BCUT2D eigenvalue weighted by Gasteiger charge is -2.22. The number of rotatable bonds is 5. The number of Topliss-reactive ketones (excluding diaryl/α,β-unsaturated/α-hetero) is 2. The van der Waals surface area contributed by atoms with Crippen molar-refractivity contribution in [3.8, 4) is 0 Å². The standard InChI is InChI=1S/C18H22O5/c1-4-12-5-7-13(8-6-12)9-10-14(19)16-15(20)11-22-18(2,3)23-17(16)21/h5-8,16H,4,9-11H2,1-3H3. The molecule has 1 atom stereocenters. The maximum atomic E-state index is 12.3. The molecule has 0 radical (unpaired) electrons. The lowest BCUT2D eigenvalue weighted by atomic mass is 9.94. The largest absolute Gasteiger partial charge is 0.433 e. The first kappa shape index (κ1) is 17.3. The van der Waals surface area contributed by atoms with Gasteiger partial charge in [-0.3, -0.25) is 14.4 Å². The average Bonchev–Trinajstić information content (AvgIpc) is 2.61. The van der Waals surface area contributed by atoms with Crippen LogP contribution in [0.15, 0.2) is 24.3 Å². The molecule has 23 heavy (non-hydrogen) atoms. The number of aryl methyl sites for hydroxylation is 2. The summed E-state index contributed by atoms with van der Waals surface area (Å²) < 4.78 is 10.3. The highest BCUT2D eigenvalue weighted by molar-refractivity contribution is 6.17. The summed E-state index contributed by atoms with van der Waals surface area (Å²) in [6.45, 7) is 4.87. The molecular formula is C18H22O5. The van der Waals surface area contributed by atoms with E-state index in [0.717, 1.165) is 12.0 Å². The Labute approximate surface area is 136 Å². The van der Waals surface area contributed by atoms with Crippen molar-refractivity contribution in [1.29, 1.82) is 0 Å². The van der Waals surface area contributed by atoms with Crippen LogP contribution < -0.4 is 0 Å². The second kappa shape index (κ2) is 7.04. The highest BCUT2D eigenvalue weighted by Crippen LogP contribution is 2.21. The second-order valence-electron chi connectivity index (χ2n) is 6.15. The predicted octanol–water partition coefficient (Wildman–Crippen LogP) is 2.25. The molecule has 1 fully saturated rings. The third-order valence-electron chi connectivity index (χ3n) is 3.88. The Kier molecular flexibility index (Phi) is 5.31. The fraction of sp³-hybridized carbons (Fsp3) is 0.500. The highest BCUT2D eigenvalue weighted by atomic mass is 16.7. The minimum absolute atomic E-state index is 0.122. The molecule has 1 heterocycles. The van der Waals surface area contributed by atoms with Gasteiger partial charge in [-0.15, -0.1) is 0 Å². The molecule has 2 rings (SSSR count). The van der Waals surface area contributed by atoms with Crippen LogP contribution in [0, 0.1) is 5.92 Å². The summed E-state index contributed by atoms with van der Waals surface area (Å²) in [5, 5.41) is 0. The van der Waals surface area contributed by atoms with Gasteiger partial charge in [0.05, 0.1) is 0 Å². The quantitative estimate of drug-likeness (QED) is 0.615. The van der Waals surface area contributed by atoms with Gasteiger partial charge < -0.3 is 9.47 Å². The molecule has 1 aromatic rings. The van der Waals surface area contributed by atoms with Gasteiger partial charge in [0.1, 0.15) is 6.61 Å². The molecule has 0 amide bonds. The van der Waals surface area contributed by atoms with Crippen molar-refractivity contribution >= 4 is 17.5 Å². The maximum Gasteiger partial charge on any atom is 0.326 e. The Morgan fingerprint density at radius 1 is 1.17 bits per heavy atom. The first-order valence-corrected chi connectivity index (χ1v) is 7.82. The van der Waals surface area contributed by atoms with Crippen LogP contribution in [0.1, 0.15) is 38.3 Å². The monoisotopic (exact) mass is 318 g/mol. The van der Waals surface area contributed by atoms with Crippen LogP contribution in [-0.2, 0) is 36.7 Å². The van der Waals surface area contributed by atoms with Crippen molar-refractivity contribution in [1.82, 2.24) is 0 Å². The number of ketones is 2. The first-order chi connectivity index (χ1) is 10.8. The molecule has 0 N–H and O–H groups in total. The van der Waals surface area contributed by atoms with Crippen molar-refractivity contribution < 1.29 is 23.9 Å². The van der Waals surface area contributed by atoms with Gasteiger partial charge in [0, 0.05) is 20.3 Å². The van der Waals surface area contributed by atoms with Crippen LogP contribution in [0.2, 0.25) is 0 Å². The second-order valence-corrected chi connectivity index (χ2v) is 6.15.